The van der Waals surface area contributed by atoms with Gasteiger partial charge in [-0.1, -0.05) is 0 Å². The summed E-state index contributed by atoms with van der Waals surface area (Å²) in [5.74, 6) is 0.394. The van der Waals surface area contributed by atoms with E-state index in [-0.39, 0.29) is 6.61 Å². The fourth-order valence-corrected chi connectivity index (χ4v) is 1.48. The summed E-state index contributed by atoms with van der Waals surface area (Å²) in [5.41, 5.74) is 0.820. The van der Waals surface area contributed by atoms with E-state index in [1.807, 2.05) is 10.9 Å². The number of rotatable bonds is 4. The zero-order valence-corrected chi connectivity index (χ0v) is 9.50. The van der Waals surface area contributed by atoms with Crippen molar-refractivity contribution in [3.63, 3.8) is 0 Å². The van der Waals surface area contributed by atoms with Crippen LogP contribution in [0.3, 0.4) is 0 Å². The van der Waals surface area contributed by atoms with Crippen LogP contribution >= 0.6 is 0 Å². The Morgan fingerprint density at radius 1 is 1.71 bits per heavy atom. The highest BCUT2D eigenvalue weighted by atomic mass is 16.3. The summed E-state index contributed by atoms with van der Waals surface area (Å²) in [5, 5.41) is 19.1. The van der Waals surface area contributed by atoms with E-state index in [2.05, 4.69) is 32.4 Å². The van der Waals surface area contributed by atoms with Crippen LogP contribution in [0.25, 0.3) is 0 Å². The number of guanidine groups is 1. The van der Waals surface area contributed by atoms with E-state index < -0.39 is 0 Å². The van der Waals surface area contributed by atoms with Gasteiger partial charge in [-0.05, 0) is 6.72 Å². The minimum Gasteiger partial charge on any atom is -0.394 e. The smallest absolute Gasteiger partial charge is 0.222 e. The van der Waals surface area contributed by atoms with Crippen LogP contribution in [0.4, 0.5) is 5.69 Å². The molecule has 1 aliphatic rings. The highest BCUT2D eigenvalue weighted by Gasteiger charge is 2.19. The van der Waals surface area contributed by atoms with Crippen LogP contribution < -0.4 is 10.6 Å². The standard InChI is InChI=1S/C10H16N6O/c1-11-10(13-2-3-17)15-8-4-14-16(7-8)9-5-12-6-9/h4,7,9,12,17H,1-3,5-6H2,(H,13,15). The first-order valence-corrected chi connectivity index (χ1v) is 5.47. The summed E-state index contributed by atoms with van der Waals surface area (Å²) in [6.45, 7) is 5.62. The SMILES string of the molecule is C=NC(=NCCO)Nc1cnn(C2CNC2)c1. The minimum atomic E-state index is -0.00624. The lowest BCUT2D eigenvalue weighted by Crippen LogP contribution is -2.43. The zero-order chi connectivity index (χ0) is 12.1. The summed E-state index contributed by atoms with van der Waals surface area (Å²) in [4.78, 5) is 7.76. The lowest BCUT2D eigenvalue weighted by Gasteiger charge is -2.27. The monoisotopic (exact) mass is 236 g/mol. The van der Waals surface area contributed by atoms with Gasteiger partial charge in [0.2, 0.25) is 5.96 Å². The molecule has 0 saturated carbocycles. The van der Waals surface area contributed by atoms with E-state index in [9.17, 15) is 0 Å². The van der Waals surface area contributed by atoms with Crippen LogP contribution in [-0.2, 0) is 0 Å². The van der Waals surface area contributed by atoms with Crippen molar-refractivity contribution in [3.8, 4) is 0 Å². The Hall–Kier alpha value is -1.73. The van der Waals surface area contributed by atoms with Crippen molar-refractivity contribution in [1.82, 2.24) is 15.1 Å². The van der Waals surface area contributed by atoms with Gasteiger partial charge in [0.15, 0.2) is 0 Å². The molecule has 92 valence electrons. The number of nitrogens with zero attached hydrogens (tertiary/aromatic N) is 4. The van der Waals surface area contributed by atoms with Crippen molar-refractivity contribution >= 4 is 18.4 Å². The van der Waals surface area contributed by atoms with E-state index in [1.54, 1.807) is 6.20 Å². The number of hydrogen-bond donors (Lipinski definition) is 3. The molecule has 1 fully saturated rings. The van der Waals surface area contributed by atoms with E-state index >= 15 is 0 Å². The number of nitrogens with one attached hydrogen (secondary N) is 2. The van der Waals surface area contributed by atoms with Crippen molar-refractivity contribution in [2.45, 2.75) is 6.04 Å². The molecule has 0 amide bonds. The summed E-state index contributed by atoms with van der Waals surface area (Å²) in [7, 11) is 0. The Morgan fingerprint density at radius 2 is 2.53 bits per heavy atom. The Labute approximate surface area is 99.3 Å². The average molecular weight is 236 g/mol. The topological polar surface area (TPSA) is 86.8 Å². The Balaban J connectivity index is 1.97. The molecule has 7 heteroatoms. The fourth-order valence-electron chi connectivity index (χ4n) is 1.48. The molecule has 0 spiro atoms. The molecule has 0 unspecified atom stereocenters. The van der Waals surface area contributed by atoms with Crippen molar-refractivity contribution in [2.75, 3.05) is 31.6 Å². The maximum absolute atomic E-state index is 8.67. The lowest BCUT2D eigenvalue weighted by atomic mass is 10.2. The van der Waals surface area contributed by atoms with Crippen molar-refractivity contribution in [2.24, 2.45) is 9.98 Å². The number of aliphatic hydroxyl groups excluding tert-OH is 1. The molecule has 1 aromatic rings. The van der Waals surface area contributed by atoms with Crippen LogP contribution in [0.15, 0.2) is 22.4 Å². The normalized spacial score (nSPS) is 16.6. The summed E-state index contributed by atoms with van der Waals surface area (Å²) in [6.07, 6.45) is 3.63. The van der Waals surface area contributed by atoms with Gasteiger partial charge in [0.1, 0.15) is 0 Å². The van der Waals surface area contributed by atoms with E-state index in [0.29, 0.717) is 18.5 Å². The second-order valence-electron chi connectivity index (χ2n) is 3.73. The molecule has 0 bridgehead atoms. The number of aliphatic hydroxyl groups is 1. The molecule has 1 saturated heterocycles. The first kappa shape index (κ1) is 11.7. The summed E-state index contributed by atoms with van der Waals surface area (Å²) >= 11 is 0. The Morgan fingerprint density at radius 3 is 3.12 bits per heavy atom. The lowest BCUT2D eigenvalue weighted by molar-refractivity contribution is 0.307. The van der Waals surface area contributed by atoms with Crippen LogP contribution in [0.5, 0.6) is 0 Å². The predicted molar refractivity (Wildman–Crippen MR) is 66.7 cm³/mol. The highest BCUT2D eigenvalue weighted by Crippen LogP contribution is 2.14. The number of anilines is 1. The molecule has 1 aromatic heterocycles. The van der Waals surface area contributed by atoms with E-state index in [0.717, 1.165) is 18.8 Å². The van der Waals surface area contributed by atoms with Gasteiger partial charge in [0, 0.05) is 19.3 Å². The van der Waals surface area contributed by atoms with Gasteiger partial charge >= 0.3 is 0 Å². The zero-order valence-electron chi connectivity index (χ0n) is 9.50. The van der Waals surface area contributed by atoms with Gasteiger partial charge < -0.3 is 15.7 Å². The average Bonchev–Trinajstić information content (AvgIpc) is 2.70. The third-order valence-electron chi connectivity index (χ3n) is 2.50. The third kappa shape index (κ3) is 2.89. The molecule has 0 atom stereocenters. The number of aromatic nitrogens is 2. The minimum absolute atomic E-state index is 0.00624. The van der Waals surface area contributed by atoms with Crippen LogP contribution in [0.1, 0.15) is 6.04 Å². The highest BCUT2D eigenvalue weighted by molar-refractivity contribution is 5.96. The van der Waals surface area contributed by atoms with Crippen LogP contribution in [0.2, 0.25) is 0 Å². The summed E-state index contributed by atoms with van der Waals surface area (Å²) in [6, 6.07) is 0.431. The molecule has 17 heavy (non-hydrogen) atoms. The van der Waals surface area contributed by atoms with Gasteiger partial charge in [-0.2, -0.15) is 5.10 Å². The van der Waals surface area contributed by atoms with Crippen molar-refractivity contribution in [3.05, 3.63) is 12.4 Å². The molecule has 7 nitrogen and oxygen atoms in total. The molecule has 1 aliphatic heterocycles. The van der Waals surface area contributed by atoms with E-state index in [4.69, 9.17) is 5.11 Å². The third-order valence-corrected chi connectivity index (χ3v) is 2.50. The largest absolute Gasteiger partial charge is 0.394 e. The maximum Gasteiger partial charge on any atom is 0.222 e. The predicted octanol–water partition coefficient (Wildman–Crippen LogP) is -0.512. The van der Waals surface area contributed by atoms with Crippen LogP contribution in [0, 0.1) is 0 Å². The van der Waals surface area contributed by atoms with Gasteiger partial charge in [0.25, 0.3) is 0 Å². The molecule has 0 aliphatic carbocycles. The molecule has 2 heterocycles. The van der Waals surface area contributed by atoms with Gasteiger partial charge in [-0.3, -0.25) is 4.68 Å². The Kier molecular flexibility index (Phi) is 3.84. The quantitative estimate of drug-likeness (QED) is 0.485. The Bertz CT molecular complexity index is 409. The van der Waals surface area contributed by atoms with Gasteiger partial charge in [0.05, 0.1) is 31.1 Å². The fraction of sp³-hybridized carbons (Fsp3) is 0.500. The van der Waals surface area contributed by atoms with Crippen molar-refractivity contribution < 1.29 is 5.11 Å². The molecule has 3 N–H and O–H groups in total. The molecule has 0 aromatic carbocycles. The second kappa shape index (κ2) is 5.55. The second-order valence-corrected chi connectivity index (χ2v) is 3.73. The number of hydrogen-bond acceptors (Lipinski definition) is 4. The van der Waals surface area contributed by atoms with Crippen LogP contribution in [-0.4, -0.2) is 53.8 Å². The maximum atomic E-state index is 8.67. The van der Waals surface area contributed by atoms with E-state index in [1.165, 1.54) is 0 Å². The van der Waals surface area contributed by atoms with Gasteiger partial charge in [-0.15, -0.1) is 0 Å². The first-order valence-electron chi connectivity index (χ1n) is 5.47. The first-order chi connectivity index (χ1) is 8.33. The summed E-state index contributed by atoms with van der Waals surface area (Å²) < 4.78 is 1.91. The molecule has 0 radical (unpaired) electrons. The van der Waals surface area contributed by atoms with Crippen molar-refractivity contribution in [1.29, 1.82) is 0 Å². The molecular formula is C10H16N6O. The molecule has 2 rings (SSSR count). The number of aliphatic imine (C=N–C) groups is 2. The molecular weight excluding hydrogens is 220 g/mol. The van der Waals surface area contributed by atoms with Gasteiger partial charge in [-0.25, -0.2) is 9.98 Å².